The highest BCUT2D eigenvalue weighted by Gasteiger charge is 2.32. The van der Waals surface area contributed by atoms with Gasteiger partial charge in [0.2, 0.25) is 0 Å². The topological polar surface area (TPSA) is 76.1 Å². The largest absolute Gasteiger partial charge is 0.493 e. The number of thioether (sulfide) groups is 1. The van der Waals surface area contributed by atoms with Gasteiger partial charge in [-0.1, -0.05) is 39.9 Å². The zero-order valence-electron chi connectivity index (χ0n) is 13.6. The number of aliphatic carboxylic acids is 1. The first-order chi connectivity index (χ1) is 11.9. The van der Waals surface area contributed by atoms with Gasteiger partial charge in [-0.2, -0.15) is 0 Å². The molecule has 0 aromatic heterocycles. The number of amides is 1. The Bertz CT molecular complexity index is 750. The third-order valence-corrected chi connectivity index (χ3v) is 5.24. The van der Waals surface area contributed by atoms with Gasteiger partial charge in [-0.15, -0.1) is 0 Å². The highest BCUT2D eigenvalue weighted by molar-refractivity contribution is 9.10. The second kappa shape index (κ2) is 8.68. The molecule has 1 fully saturated rings. The van der Waals surface area contributed by atoms with Gasteiger partial charge in [-0.3, -0.25) is 14.5 Å². The van der Waals surface area contributed by atoms with Gasteiger partial charge < -0.3 is 14.6 Å². The molecule has 1 amide bonds. The first-order valence-corrected chi connectivity index (χ1v) is 9.27. The van der Waals surface area contributed by atoms with Crippen molar-refractivity contribution >= 4 is 62.2 Å². The highest BCUT2D eigenvalue weighted by Crippen LogP contribution is 2.39. The summed E-state index contributed by atoms with van der Waals surface area (Å²) in [5.74, 6) is -0.0739. The molecule has 0 atom stereocenters. The minimum Gasteiger partial charge on any atom is -0.493 e. The zero-order valence-corrected chi connectivity index (χ0v) is 16.8. The van der Waals surface area contributed by atoms with E-state index in [1.54, 1.807) is 12.1 Å². The van der Waals surface area contributed by atoms with Crippen molar-refractivity contribution in [3.8, 4) is 11.5 Å². The summed E-state index contributed by atoms with van der Waals surface area (Å²) in [6.45, 7) is 0.285. The van der Waals surface area contributed by atoms with Crippen LogP contribution in [0.4, 0.5) is 0 Å². The van der Waals surface area contributed by atoms with Crippen LogP contribution in [0, 0.1) is 0 Å². The van der Waals surface area contributed by atoms with Gasteiger partial charge in [-0.25, -0.2) is 0 Å². The van der Waals surface area contributed by atoms with E-state index in [-0.39, 0.29) is 18.9 Å². The summed E-state index contributed by atoms with van der Waals surface area (Å²) in [5.41, 5.74) is 0.680. The summed E-state index contributed by atoms with van der Waals surface area (Å²) >= 11 is 9.83. The lowest BCUT2D eigenvalue weighted by Gasteiger charge is -2.13. The van der Waals surface area contributed by atoms with Crippen molar-refractivity contribution in [1.29, 1.82) is 0 Å². The summed E-state index contributed by atoms with van der Waals surface area (Å²) in [4.78, 5) is 25.1. The predicted octanol–water partition coefficient (Wildman–Crippen LogP) is 3.53. The molecule has 1 aliphatic heterocycles. The van der Waals surface area contributed by atoms with Crippen molar-refractivity contribution < 1.29 is 24.2 Å². The zero-order chi connectivity index (χ0) is 18.6. The maximum atomic E-state index is 12.6. The van der Waals surface area contributed by atoms with Crippen molar-refractivity contribution in [3.63, 3.8) is 0 Å². The number of rotatable bonds is 7. The summed E-state index contributed by atoms with van der Waals surface area (Å²) < 4.78 is 11.9. The summed E-state index contributed by atoms with van der Waals surface area (Å²) in [6.07, 6.45) is 2.04. The van der Waals surface area contributed by atoms with Crippen LogP contribution < -0.4 is 9.47 Å². The molecule has 1 N–H and O–H groups in total. The molecule has 0 bridgehead atoms. The van der Waals surface area contributed by atoms with E-state index in [2.05, 4.69) is 15.9 Å². The average Bonchev–Trinajstić information content (AvgIpc) is 2.81. The quantitative estimate of drug-likeness (QED) is 0.507. The molecule has 1 aromatic rings. The second-order valence-corrected chi connectivity index (χ2v) is 7.65. The average molecular weight is 446 g/mol. The molecule has 1 aromatic carbocycles. The van der Waals surface area contributed by atoms with E-state index in [9.17, 15) is 9.59 Å². The Morgan fingerprint density at radius 3 is 2.72 bits per heavy atom. The molecular weight excluding hydrogens is 430 g/mol. The molecular formula is C16H16BrNO5S2. The lowest BCUT2D eigenvalue weighted by atomic mass is 10.1. The maximum absolute atomic E-state index is 12.6. The van der Waals surface area contributed by atoms with Crippen molar-refractivity contribution in [1.82, 2.24) is 4.90 Å². The van der Waals surface area contributed by atoms with Crippen LogP contribution in [0.5, 0.6) is 11.5 Å². The number of thiocarbonyl (C=S) groups is 1. The van der Waals surface area contributed by atoms with Crippen molar-refractivity contribution in [2.75, 3.05) is 20.8 Å². The number of hydrogen-bond donors (Lipinski definition) is 1. The van der Waals surface area contributed by atoms with Gasteiger partial charge in [0.1, 0.15) is 4.32 Å². The Balaban J connectivity index is 2.27. The second-order valence-electron chi connectivity index (χ2n) is 5.06. The van der Waals surface area contributed by atoms with Gasteiger partial charge in [-0.05, 0) is 24.6 Å². The lowest BCUT2D eigenvalue weighted by Crippen LogP contribution is -2.29. The minimum atomic E-state index is -0.896. The first kappa shape index (κ1) is 19.7. The van der Waals surface area contributed by atoms with E-state index in [4.69, 9.17) is 26.8 Å². The van der Waals surface area contributed by atoms with Gasteiger partial charge in [0.25, 0.3) is 5.91 Å². The van der Waals surface area contributed by atoms with Crippen molar-refractivity contribution in [3.05, 3.63) is 27.1 Å². The maximum Gasteiger partial charge on any atom is 0.303 e. The molecule has 0 saturated carbocycles. The van der Waals surface area contributed by atoms with Crippen molar-refractivity contribution in [2.45, 2.75) is 12.8 Å². The third kappa shape index (κ3) is 4.74. The molecule has 0 radical (unpaired) electrons. The van der Waals surface area contributed by atoms with Crippen LogP contribution in [-0.4, -0.2) is 47.0 Å². The smallest absolute Gasteiger partial charge is 0.303 e. The molecule has 1 heterocycles. The molecule has 25 heavy (non-hydrogen) atoms. The fourth-order valence-electron chi connectivity index (χ4n) is 2.29. The Labute approximate surface area is 163 Å². The highest BCUT2D eigenvalue weighted by atomic mass is 79.9. The molecule has 6 nitrogen and oxygen atoms in total. The number of halogens is 1. The summed E-state index contributed by atoms with van der Waals surface area (Å²) in [5, 5.41) is 8.72. The van der Waals surface area contributed by atoms with Crippen LogP contribution in [0.2, 0.25) is 0 Å². The van der Waals surface area contributed by atoms with Crippen molar-refractivity contribution in [2.24, 2.45) is 0 Å². The molecule has 0 unspecified atom stereocenters. The molecule has 2 rings (SSSR count). The number of benzene rings is 1. The normalized spacial score (nSPS) is 15.8. The van der Waals surface area contributed by atoms with E-state index >= 15 is 0 Å². The number of carboxylic acids is 1. The SMILES string of the molecule is COc1cc(Br)cc(C=C2SC(=S)N(CCCC(=O)O)C2=O)c1OC. The van der Waals surface area contributed by atoms with Crippen LogP contribution in [-0.2, 0) is 9.59 Å². The van der Waals surface area contributed by atoms with E-state index < -0.39 is 5.97 Å². The Morgan fingerprint density at radius 1 is 1.40 bits per heavy atom. The molecule has 0 spiro atoms. The van der Waals surface area contributed by atoms with Crippen LogP contribution in [0.15, 0.2) is 21.5 Å². The fraction of sp³-hybridized carbons (Fsp3) is 0.312. The third-order valence-electron chi connectivity index (χ3n) is 3.40. The first-order valence-electron chi connectivity index (χ1n) is 7.26. The van der Waals surface area contributed by atoms with E-state index in [0.717, 1.165) is 4.47 Å². The standard InChI is InChI=1S/C16H16BrNO5S2/c1-22-11-8-10(17)6-9(14(11)23-2)7-12-15(21)18(16(24)25-12)5-3-4-13(19)20/h6-8H,3-5H2,1-2H3,(H,19,20). The molecule has 0 aliphatic carbocycles. The fourth-order valence-corrected chi connectivity index (χ4v) is 4.04. The monoisotopic (exact) mass is 445 g/mol. The van der Waals surface area contributed by atoms with E-state index in [0.29, 0.717) is 32.7 Å². The molecule has 9 heteroatoms. The molecule has 134 valence electrons. The number of hydrogen-bond acceptors (Lipinski definition) is 6. The van der Waals surface area contributed by atoms with Gasteiger partial charge >= 0.3 is 5.97 Å². The van der Waals surface area contributed by atoms with E-state index in [1.807, 2.05) is 6.07 Å². The van der Waals surface area contributed by atoms with E-state index in [1.165, 1.54) is 30.9 Å². The summed E-state index contributed by atoms with van der Waals surface area (Å²) in [7, 11) is 3.07. The van der Waals surface area contributed by atoms with Gasteiger partial charge in [0.15, 0.2) is 11.5 Å². The summed E-state index contributed by atoms with van der Waals surface area (Å²) in [6, 6.07) is 3.59. The number of methoxy groups -OCH3 is 2. The van der Waals surface area contributed by atoms with Crippen LogP contribution in [0.25, 0.3) is 6.08 Å². The van der Waals surface area contributed by atoms with Crippen LogP contribution in [0.1, 0.15) is 18.4 Å². The predicted molar refractivity (Wildman–Crippen MR) is 104 cm³/mol. The number of ether oxygens (including phenoxy) is 2. The van der Waals surface area contributed by atoms with Gasteiger partial charge in [0.05, 0.1) is 19.1 Å². The molecule has 1 aliphatic rings. The Hall–Kier alpha value is -1.58. The number of carbonyl (C=O) groups excluding carboxylic acids is 1. The number of nitrogens with zero attached hydrogens (tertiary/aromatic N) is 1. The van der Waals surface area contributed by atoms with Crippen LogP contribution in [0.3, 0.4) is 0 Å². The van der Waals surface area contributed by atoms with Gasteiger partial charge in [0, 0.05) is 23.0 Å². The Morgan fingerprint density at radius 2 is 2.12 bits per heavy atom. The molecule has 1 saturated heterocycles. The number of carboxylic acid groups (broad SMARTS) is 1. The Kier molecular flexibility index (Phi) is 6.86. The number of carbonyl (C=O) groups is 2. The minimum absolute atomic E-state index is 0.00718. The lowest BCUT2D eigenvalue weighted by molar-refractivity contribution is -0.137. The van der Waals surface area contributed by atoms with Crippen LogP contribution >= 0.6 is 39.9 Å².